The van der Waals surface area contributed by atoms with Crippen molar-refractivity contribution in [3.63, 3.8) is 0 Å². The Labute approximate surface area is 176 Å². The zero-order chi connectivity index (χ0) is 21.6. The van der Waals surface area contributed by atoms with Gasteiger partial charge in [0.15, 0.2) is 0 Å². The van der Waals surface area contributed by atoms with Crippen molar-refractivity contribution in [2.75, 3.05) is 6.54 Å². The molecule has 0 heterocycles. The lowest BCUT2D eigenvalue weighted by Gasteiger charge is -2.31. The smallest absolute Gasteiger partial charge is 0.207 e. The van der Waals surface area contributed by atoms with Crippen LogP contribution in [0, 0.1) is 26.7 Å². The van der Waals surface area contributed by atoms with Crippen molar-refractivity contribution in [1.82, 2.24) is 4.31 Å². The molecule has 0 N–H and O–H groups in total. The zero-order valence-electron chi connectivity index (χ0n) is 18.0. The molecule has 3 nitrogen and oxygen atoms in total. The lowest BCUT2D eigenvalue weighted by atomic mass is 10.0. The quantitative estimate of drug-likeness (QED) is 0.526. The molecule has 0 unspecified atom stereocenters. The second-order valence-corrected chi connectivity index (χ2v) is 9.55. The average Bonchev–Trinajstić information content (AvgIpc) is 2.63. The number of nitrogens with zero attached hydrogens (tertiary/aromatic N) is 1. The molecular formula is C25H31NO2S. The fourth-order valence-corrected chi connectivity index (χ4v) is 5.73. The standard InChI is InChI=1S/C25H31NO2S/c1-7-12-24(19(2)3)26(16-11-15-23-13-9-8-10-14-23)29(27,28)25-21(5)17-20(4)18-22(25)6/h8-15,17-19,24H,1,16H2,2-6H3/b15-11+/t24-/m1/s1. The van der Waals surface area contributed by atoms with Crippen LogP contribution >= 0.6 is 0 Å². The van der Waals surface area contributed by atoms with E-state index in [9.17, 15) is 8.42 Å². The predicted molar refractivity (Wildman–Crippen MR) is 122 cm³/mol. The number of hydrogen-bond acceptors (Lipinski definition) is 2. The van der Waals surface area contributed by atoms with Gasteiger partial charge in [0, 0.05) is 6.54 Å². The fraction of sp³-hybridized carbons (Fsp3) is 0.320. The Morgan fingerprint density at radius 3 is 2.17 bits per heavy atom. The lowest BCUT2D eigenvalue weighted by Crippen LogP contribution is -2.42. The van der Waals surface area contributed by atoms with Crippen molar-refractivity contribution < 1.29 is 8.42 Å². The SMILES string of the molecule is C=C=C[C@H](C(C)C)N(C/C=C/c1ccccc1)S(=O)(=O)c1c(C)cc(C)cc1C. The molecule has 154 valence electrons. The van der Waals surface area contributed by atoms with E-state index >= 15 is 0 Å². The van der Waals surface area contributed by atoms with Crippen molar-refractivity contribution >= 4 is 16.1 Å². The van der Waals surface area contributed by atoms with Gasteiger partial charge in [-0.15, -0.1) is 5.73 Å². The Morgan fingerprint density at radius 1 is 1.07 bits per heavy atom. The molecule has 0 aliphatic heterocycles. The van der Waals surface area contributed by atoms with Crippen molar-refractivity contribution in [2.24, 2.45) is 5.92 Å². The monoisotopic (exact) mass is 409 g/mol. The van der Waals surface area contributed by atoms with Gasteiger partial charge in [0.1, 0.15) is 0 Å². The van der Waals surface area contributed by atoms with E-state index in [1.165, 1.54) is 0 Å². The molecule has 0 saturated heterocycles. The van der Waals surface area contributed by atoms with Gasteiger partial charge < -0.3 is 0 Å². The average molecular weight is 410 g/mol. The normalized spacial score (nSPS) is 13.1. The van der Waals surface area contributed by atoms with Gasteiger partial charge in [-0.1, -0.05) is 80.6 Å². The van der Waals surface area contributed by atoms with E-state index in [1.54, 1.807) is 10.4 Å². The second-order valence-electron chi connectivity index (χ2n) is 7.72. The molecule has 0 radical (unpaired) electrons. The summed E-state index contributed by atoms with van der Waals surface area (Å²) in [5.41, 5.74) is 6.42. The van der Waals surface area contributed by atoms with Crippen LogP contribution in [0.1, 0.15) is 36.1 Å². The van der Waals surface area contributed by atoms with E-state index in [-0.39, 0.29) is 18.5 Å². The van der Waals surface area contributed by atoms with Crippen LogP contribution < -0.4 is 0 Å². The molecular weight excluding hydrogens is 378 g/mol. The minimum absolute atomic E-state index is 0.0789. The molecule has 0 amide bonds. The van der Waals surface area contributed by atoms with Gasteiger partial charge in [-0.2, -0.15) is 4.31 Å². The second kappa shape index (κ2) is 9.89. The summed E-state index contributed by atoms with van der Waals surface area (Å²) in [5, 5.41) is 0. The first-order chi connectivity index (χ1) is 13.7. The van der Waals surface area contributed by atoms with Crippen LogP contribution in [0.3, 0.4) is 0 Å². The number of rotatable bonds is 8. The molecule has 2 aromatic carbocycles. The summed E-state index contributed by atoms with van der Waals surface area (Å²) in [6.07, 6.45) is 5.60. The zero-order valence-corrected chi connectivity index (χ0v) is 18.8. The van der Waals surface area contributed by atoms with Crippen molar-refractivity contribution in [2.45, 2.75) is 45.6 Å². The van der Waals surface area contributed by atoms with Gasteiger partial charge in [-0.25, -0.2) is 8.42 Å². The molecule has 0 bridgehead atoms. The molecule has 0 aliphatic carbocycles. The number of hydrogen-bond donors (Lipinski definition) is 0. The first kappa shape index (κ1) is 22.9. The highest BCUT2D eigenvalue weighted by Crippen LogP contribution is 2.28. The molecule has 29 heavy (non-hydrogen) atoms. The summed E-state index contributed by atoms with van der Waals surface area (Å²) >= 11 is 0. The highest BCUT2D eigenvalue weighted by molar-refractivity contribution is 7.89. The number of aryl methyl sites for hydroxylation is 3. The van der Waals surface area contributed by atoms with Gasteiger partial charge in [0.25, 0.3) is 0 Å². The van der Waals surface area contributed by atoms with Gasteiger partial charge >= 0.3 is 0 Å². The van der Waals surface area contributed by atoms with Gasteiger partial charge in [0.2, 0.25) is 10.0 Å². The maximum atomic E-state index is 13.8. The molecule has 0 aromatic heterocycles. The fourth-order valence-electron chi connectivity index (χ4n) is 3.66. The van der Waals surface area contributed by atoms with Crippen molar-refractivity contribution in [3.8, 4) is 0 Å². The maximum Gasteiger partial charge on any atom is 0.244 e. The first-order valence-corrected chi connectivity index (χ1v) is 11.3. The molecule has 0 fully saturated rings. The third-order valence-electron chi connectivity index (χ3n) is 4.87. The van der Waals surface area contributed by atoms with Crippen molar-refractivity contribution in [3.05, 3.63) is 89.2 Å². The Hall–Kier alpha value is -2.39. The Kier molecular flexibility index (Phi) is 7.80. The Balaban J connectivity index is 2.54. The van der Waals surface area contributed by atoms with Crippen LogP contribution in [-0.4, -0.2) is 25.3 Å². The van der Waals surface area contributed by atoms with Crippen LogP contribution in [0.25, 0.3) is 6.08 Å². The van der Waals surface area contributed by atoms with Gasteiger partial charge in [-0.3, -0.25) is 0 Å². The van der Waals surface area contributed by atoms with E-state index in [2.05, 4.69) is 12.3 Å². The minimum Gasteiger partial charge on any atom is -0.207 e. The molecule has 0 spiro atoms. The summed E-state index contributed by atoms with van der Waals surface area (Å²) in [6, 6.07) is 13.4. The van der Waals surface area contributed by atoms with Crippen LogP contribution in [0.15, 0.2) is 71.8 Å². The van der Waals surface area contributed by atoms with Crippen LogP contribution in [0.5, 0.6) is 0 Å². The summed E-state index contributed by atoms with van der Waals surface area (Å²) < 4.78 is 29.1. The maximum absolute atomic E-state index is 13.8. The molecule has 0 saturated carbocycles. The summed E-state index contributed by atoms with van der Waals surface area (Å²) in [5.74, 6) is 0.0789. The molecule has 2 rings (SSSR count). The molecule has 4 heteroatoms. The van der Waals surface area contributed by atoms with Crippen LogP contribution in [0.4, 0.5) is 0 Å². The lowest BCUT2D eigenvalue weighted by molar-refractivity contribution is 0.324. The van der Waals surface area contributed by atoms with E-state index in [0.717, 1.165) is 22.3 Å². The van der Waals surface area contributed by atoms with E-state index in [0.29, 0.717) is 4.90 Å². The Bertz CT molecular complexity index is 991. The highest BCUT2D eigenvalue weighted by Gasteiger charge is 2.33. The van der Waals surface area contributed by atoms with E-state index < -0.39 is 10.0 Å². The Morgan fingerprint density at radius 2 is 1.66 bits per heavy atom. The molecule has 0 aliphatic rings. The third kappa shape index (κ3) is 5.57. The number of benzene rings is 2. The van der Waals surface area contributed by atoms with E-state index in [1.807, 2.05) is 89.2 Å². The summed E-state index contributed by atoms with van der Waals surface area (Å²) in [7, 11) is -3.72. The third-order valence-corrected chi connectivity index (χ3v) is 7.04. The number of sulfonamides is 1. The van der Waals surface area contributed by atoms with Gasteiger partial charge in [0.05, 0.1) is 10.9 Å². The van der Waals surface area contributed by atoms with E-state index in [4.69, 9.17) is 0 Å². The summed E-state index contributed by atoms with van der Waals surface area (Å²) in [4.78, 5) is 0.388. The largest absolute Gasteiger partial charge is 0.244 e. The molecule has 1 atom stereocenters. The minimum atomic E-state index is -3.72. The molecule has 2 aromatic rings. The predicted octanol–water partition coefficient (Wildman–Crippen LogP) is 5.68. The van der Waals surface area contributed by atoms with Gasteiger partial charge in [-0.05, 0) is 49.5 Å². The topological polar surface area (TPSA) is 37.4 Å². The van der Waals surface area contributed by atoms with Crippen molar-refractivity contribution in [1.29, 1.82) is 0 Å². The summed E-state index contributed by atoms with van der Waals surface area (Å²) in [6.45, 7) is 13.7. The first-order valence-electron chi connectivity index (χ1n) is 9.85. The highest BCUT2D eigenvalue weighted by atomic mass is 32.2. The van der Waals surface area contributed by atoms with Crippen LogP contribution in [0.2, 0.25) is 0 Å². The van der Waals surface area contributed by atoms with Crippen LogP contribution in [-0.2, 0) is 10.0 Å².